The molecule has 0 spiro atoms. The summed E-state index contributed by atoms with van der Waals surface area (Å²) in [6.45, 7) is 5.71. The van der Waals surface area contributed by atoms with Crippen molar-refractivity contribution in [1.29, 1.82) is 0 Å². The zero-order chi connectivity index (χ0) is 12.1. The third-order valence-electron chi connectivity index (χ3n) is 3.44. The van der Waals surface area contributed by atoms with Crippen LogP contribution >= 0.6 is 11.3 Å². The maximum Gasteiger partial charge on any atom is 0.109 e. The van der Waals surface area contributed by atoms with Crippen LogP contribution in [-0.2, 0) is 0 Å². The number of hydrogen-bond acceptors (Lipinski definition) is 4. The Hall–Kier alpha value is -0.450. The first kappa shape index (κ1) is 13.0. The van der Waals surface area contributed by atoms with E-state index in [9.17, 15) is 0 Å². The molecule has 1 saturated heterocycles. The Balaban J connectivity index is 1.81. The van der Waals surface area contributed by atoms with Gasteiger partial charge in [-0.2, -0.15) is 0 Å². The van der Waals surface area contributed by atoms with Crippen LogP contribution in [-0.4, -0.2) is 23.6 Å². The van der Waals surface area contributed by atoms with Crippen LogP contribution in [0.15, 0.2) is 11.6 Å². The van der Waals surface area contributed by atoms with Crippen molar-refractivity contribution in [3.8, 4) is 0 Å². The first-order valence-electron chi connectivity index (χ1n) is 6.68. The summed E-state index contributed by atoms with van der Waals surface area (Å²) in [5.41, 5.74) is 0. The highest BCUT2D eigenvalue weighted by atomic mass is 32.1. The quantitative estimate of drug-likeness (QED) is 0.818. The number of rotatable bonds is 6. The molecule has 0 aliphatic carbocycles. The fourth-order valence-electron chi connectivity index (χ4n) is 2.57. The third kappa shape index (κ3) is 3.76. The molecule has 0 amide bonds. The molecule has 2 N–H and O–H groups in total. The molecule has 17 heavy (non-hydrogen) atoms. The topological polar surface area (TPSA) is 37.0 Å². The first-order valence-corrected chi connectivity index (χ1v) is 7.56. The highest BCUT2D eigenvalue weighted by Crippen LogP contribution is 2.20. The SMILES string of the molecule is CCC(NC(C)CC1CCCN1)c1nccs1. The van der Waals surface area contributed by atoms with Gasteiger partial charge in [0.2, 0.25) is 0 Å². The molecule has 1 aromatic rings. The van der Waals surface area contributed by atoms with Crippen LogP contribution in [0.25, 0.3) is 0 Å². The van der Waals surface area contributed by atoms with Gasteiger partial charge < -0.3 is 10.6 Å². The van der Waals surface area contributed by atoms with Crippen molar-refractivity contribution in [3.05, 3.63) is 16.6 Å². The normalized spacial score (nSPS) is 23.8. The molecular weight excluding hydrogens is 230 g/mol. The van der Waals surface area contributed by atoms with Crippen LogP contribution < -0.4 is 10.6 Å². The molecule has 3 unspecified atom stereocenters. The fourth-order valence-corrected chi connectivity index (χ4v) is 3.35. The number of hydrogen-bond donors (Lipinski definition) is 2. The minimum Gasteiger partial charge on any atom is -0.314 e. The molecule has 1 fully saturated rings. The van der Waals surface area contributed by atoms with Gasteiger partial charge in [0, 0.05) is 23.7 Å². The Kier molecular flexibility index (Phi) is 4.95. The average molecular weight is 253 g/mol. The molecule has 0 saturated carbocycles. The van der Waals surface area contributed by atoms with Gasteiger partial charge in [0.05, 0.1) is 6.04 Å². The smallest absolute Gasteiger partial charge is 0.109 e. The minimum absolute atomic E-state index is 0.423. The van der Waals surface area contributed by atoms with Crippen molar-refractivity contribution < 1.29 is 0 Å². The molecule has 2 heterocycles. The number of nitrogens with one attached hydrogen (secondary N) is 2. The minimum atomic E-state index is 0.423. The van der Waals surface area contributed by atoms with E-state index < -0.39 is 0 Å². The lowest BCUT2D eigenvalue weighted by atomic mass is 10.1. The van der Waals surface area contributed by atoms with Gasteiger partial charge in [-0.05, 0) is 39.2 Å². The molecule has 4 heteroatoms. The van der Waals surface area contributed by atoms with E-state index in [1.165, 1.54) is 30.8 Å². The molecule has 96 valence electrons. The molecular formula is C13H23N3S. The maximum absolute atomic E-state index is 4.41. The predicted octanol–water partition coefficient (Wildman–Crippen LogP) is 2.71. The standard InChI is InChI=1S/C13H23N3S/c1-3-12(13-15-7-8-17-13)16-10(2)9-11-5-4-6-14-11/h7-8,10-12,14,16H,3-6,9H2,1-2H3. The Morgan fingerprint density at radius 2 is 2.53 bits per heavy atom. The molecule has 0 aromatic carbocycles. The molecule has 1 aliphatic rings. The van der Waals surface area contributed by atoms with E-state index in [0.717, 1.165) is 6.42 Å². The van der Waals surface area contributed by atoms with E-state index in [0.29, 0.717) is 18.1 Å². The highest BCUT2D eigenvalue weighted by molar-refractivity contribution is 7.09. The Morgan fingerprint density at radius 1 is 1.65 bits per heavy atom. The zero-order valence-electron chi connectivity index (χ0n) is 10.8. The van der Waals surface area contributed by atoms with Crippen molar-refractivity contribution in [3.63, 3.8) is 0 Å². The van der Waals surface area contributed by atoms with Crippen molar-refractivity contribution in [2.45, 2.75) is 57.7 Å². The van der Waals surface area contributed by atoms with E-state index >= 15 is 0 Å². The number of nitrogens with zero attached hydrogens (tertiary/aromatic N) is 1. The molecule has 1 aliphatic heterocycles. The Morgan fingerprint density at radius 3 is 3.12 bits per heavy atom. The molecule has 0 radical (unpaired) electrons. The lowest BCUT2D eigenvalue weighted by molar-refractivity contribution is 0.389. The fraction of sp³-hybridized carbons (Fsp3) is 0.769. The Bertz CT molecular complexity index is 306. The van der Waals surface area contributed by atoms with Crippen molar-refractivity contribution in [1.82, 2.24) is 15.6 Å². The van der Waals surface area contributed by atoms with Crippen molar-refractivity contribution in [2.75, 3.05) is 6.54 Å². The van der Waals surface area contributed by atoms with Crippen LogP contribution in [0.5, 0.6) is 0 Å². The summed E-state index contributed by atoms with van der Waals surface area (Å²) >= 11 is 1.75. The zero-order valence-corrected chi connectivity index (χ0v) is 11.6. The summed E-state index contributed by atoms with van der Waals surface area (Å²) in [7, 11) is 0. The number of aromatic nitrogens is 1. The summed E-state index contributed by atoms with van der Waals surface area (Å²) in [6.07, 6.45) is 6.90. The highest BCUT2D eigenvalue weighted by Gasteiger charge is 2.20. The van der Waals surface area contributed by atoms with Crippen LogP contribution in [0.4, 0.5) is 0 Å². The third-order valence-corrected chi connectivity index (χ3v) is 4.33. The van der Waals surface area contributed by atoms with Crippen LogP contribution in [0.2, 0.25) is 0 Å². The van der Waals surface area contributed by atoms with Crippen LogP contribution in [0, 0.1) is 0 Å². The average Bonchev–Trinajstić information content (AvgIpc) is 2.97. The van der Waals surface area contributed by atoms with Gasteiger partial charge in [0.15, 0.2) is 0 Å². The lowest BCUT2D eigenvalue weighted by Crippen LogP contribution is -2.36. The maximum atomic E-state index is 4.41. The van der Waals surface area contributed by atoms with E-state index in [4.69, 9.17) is 0 Å². The van der Waals surface area contributed by atoms with Gasteiger partial charge in [-0.25, -0.2) is 4.98 Å². The molecule has 2 rings (SSSR count). The van der Waals surface area contributed by atoms with Gasteiger partial charge in [-0.1, -0.05) is 6.92 Å². The van der Waals surface area contributed by atoms with Crippen molar-refractivity contribution in [2.24, 2.45) is 0 Å². The second-order valence-electron chi connectivity index (χ2n) is 4.93. The van der Waals surface area contributed by atoms with Gasteiger partial charge in [0.1, 0.15) is 5.01 Å². The van der Waals surface area contributed by atoms with Crippen LogP contribution in [0.3, 0.4) is 0 Å². The van der Waals surface area contributed by atoms with Crippen molar-refractivity contribution >= 4 is 11.3 Å². The van der Waals surface area contributed by atoms with E-state index in [2.05, 4.69) is 34.8 Å². The van der Waals surface area contributed by atoms with E-state index in [1.807, 2.05) is 6.20 Å². The van der Waals surface area contributed by atoms with Gasteiger partial charge in [-0.3, -0.25) is 0 Å². The molecule has 3 atom stereocenters. The summed E-state index contributed by atoms with van der Waals surface area (Å²) in [5.74, 6) is 0. The summed E-state index contributed by atoms with van der Waals surface area (Å²) in [5, 5.41) is 10.5. The van der Waals surface area contributed by atoms with E-state index in [-0.39, 0.29) is 0 Å². The van der Waals surface area contributed by atoms with Crippen LogP contribution in [0.1, 0.15) is 50.6 Å². The van der Waals surface area contributed by atoms with Gasteiger partial charge in [-0.15, -0.1) is 11.3 Å². The molecule has 1 aromatic heterocycles. The number of thiazole rings is 1. The summed E-state index contributed by atoms with van der Waals surface area (Å²) in [4.78, 5) is 4.41. The predicted molar refractivity (Wildman–Crippen MR) is 73.4 cm³/mol. The lowest BCUT2D eigenvalue weighted by Gasteiger charge is -2.23. The second-order valence-corrected chi connectivity index (χ2v) is 5.85. The summed E-state index contributed by atoms with van der Waals surface area (Å²) in [6, 6.07) is 1.69. The van der Waals surface area contributed by atoms with Gasteiger partial charge >= 0.3 is 0 Å². The second kappa shape index (κ2) is 6.47. The molecule has 0 bridgehead atoms. The Labute approximate surface area is 108 Å². The van der Waals surface area contributed by atoms with Gasteiger partial charge in [0.25, 0.3) is 0 Å². The van der Waals surface area contributed by atoms with E-state index in [1.54, 1.807) is 11.3 Å². The summed E-state index contributed by atoms with van der Waals surface area (Å²) < 4.78 is 0. The first-order chi connectivity index (χ1) is 8.29. The molecule has 3 nitrogen and oxygen atoms in total. The largest absolute Gasteiger partial charge is 0.314 e. The monoisotopic (exact) mass is 253 g/mol.